The van der Waals surface area contributed by atoms with Crippen LogP contribution in [-0.2, 0) is 16.1 Å². The lowest BCUT2D eigenvalue weighted by molar-refractivity contribution is -0.120. The van der Waals surface area contributed by atoms with Gasteiger partial charge < -0.3 is 10.6 Å². The van der Waals surface area contributed by atoms with E-state index >= 15 is 0 Å². The van der Waals surface area contributed by atoms with E-state index in [-0.39, 0.29) is 37.4 Å². The van der Waals surface area contributed by atoms with Gasteiger partial charge in [0.25, 0.3) is 17.7 Å². The molecule has 0 radical (unpaired) electrons. The number of imide groups is 1. The number of amides is 3. The highest BCUT2D eigenvalue weighted by molar-refractivity contribution is 6.54. The van der Waals surface area contributed by atoms with Crippen LogP contribution in [0, 0.1) is 0 Å². The van der Waals surface area contributed by atoms with Crippen LogP contribution < -0.4 is 15.5 Å². The number of benzene rings is 3. The minimum Gasteiger partial charge on any atom is -0.350 e. The molecule has 3 aromatic carbocycles. The summed E-state index contributed by atoms with van der Waals surface area (Å²) in [6.45, 7) is 0.362. The van der Waals surface area contributed by atoms with Crippen molar-refractivity contribution in [3.8, 4) is 0 Å². The van der Waals surface area contributed by atoms with Gasteiger partial charge in [-0.2, -0.15) is 0 Å². The van der Waals surface area contributed by atoms with Crippen molar-refractivity contribution in [2.45, 2.75) is 6.54 Å². The summed E-state index contributed by atoms with van der Waals surface area (Å²) in [6.07, 6.45) is 0. The van der Waals surface area contributed by atoms with Gasteiger partial charge in [0.1, 0.15) is 10.7 Å². The zero-order chi connectivity index (χ0) is 24.4. The van der Waals surface area contributed by atoms with Crippen LogP contribution in [0.25, 0.3) is 0 Å². The average molecular weight is 535 g/mol. The fourth-order valence-corrected chi connectivity index (χ4v) is 4.11. The van der Waals surface area contributed by atoms with Crippen molar-refractivity contribution in [1.29, 1.82) is 0 Å². The van der Waals surface area contributed by atoms with E-state index in [2.05, 4.69) is 10.6 Å². The van der Waals surface area contributed by atoms with E-state index in [0.29, 0.717) is 17.8 Å². The first-order valence-corrected chi connectivity index (χ1v) is 11.4. The van der Waals surface area contributed by atoms with Gasteiger partial charge in [-0.25, -0.2) is 4.90 Å². The van der Waals surface area contributed by atoms with Crippen LogP contribution in [0.15, 0.2) is 77.5 Å². The van der Waals surface area contributed by atoms with E-state index < -0.39 is 11.8 Å². The quantitative estimate of drug-likeness (QED) is 0.300. The summed E-state index contributed by atoms with van der Waals surface area (Å²) in [7, 11) is 0. The topological polar surface area (TPSA) is 78.5 Å². The summed E-state index contributed by atoms with van der Waals surface area (Å²) in [6, 6.07) is 18.6. The third-order valence-electron chi connectivity index (χ3n) is 4.95. The summed E-state index contributed by atoms with van der Waals surface area (Å²) < 4.78 is 0. The van der Waals surface area contributed by atoms with Crippen molar-refractivity contribution in [1.82, 2.24) is 5.32 Å². The molecule has 0 aliphatic carbocycles. The summed E-state index contributed by atoms with van der Waals surface area (Å²) in [4.78, 5) is 39.2. The van der Waals surface area contributed by atoms with Gasteiger partial charge in [0.05, 0.1) is 20.8 Å². The summed E-state index contributed by atoms with van der Waals surface area (Å²) in [5.41, 5.74) is 1.60. The van der Waals surface area contributed by atoms with Crippen molar-refractivity contribution in [2.75, 3.05) is 10.2 Å². The lowest BCUT2D eigenvalue weighted by atomic mass is 10.1. The van der Waals surface area contributed by atoms with Crippen LogP contribution >= 0.6 is 46.4 Å². The van der Waals surface area contributed by atoms with E-state index in [1.807, 2.05) is 30.3 Å². The molecule has 0 saturated heterocycles. The number of anilines is 2. The minimum absolute atomic E-state index is 0.0510. The van der Waals surface area contributed by atoms with Gasteiger partial charge in [0, 0.05) is 17.8 Å². The zero-order valence-corrected chi connectivity index (χ0v) is 20.3. The SMILES string of the molecule is O=C(NCc1ccccc1)c1cccc(NC2=C(Cl)C(=O)N(c3cc(Cl)c(Cl)cc3Cl)C2=O)c1. The smallest absolute Gasteiger partial charge is 0.283 e. The van der Waals surface area contributed by atoms with E-state index in [1.54, 1.807) is 24.3 Å². The predicted molar refractivity (Wildman–Crippen MR) is 135 cm³/mol. The standard InChI is InChI=1S/C24H15Cl4N3O3/c25-16-10-18(27)19(11-17(16)26)31-23(33)20(28)21(24(31)34)30-15-8-4-7-14(9-15)22(32)29-12-13-5-2-1-3-6-13/h1-11,30H,12H2,(H,29,32). The molecule has 6 nitrogen and oxygen atoms in total. The Kier molecular flexibility index (Phi) is 7.14. The molecular formula is C24H15Cl4N3O3. The van der Waals surface area contributed by atoms with Crippen molar-refractivity contribution in [3.05, 3.63) is 104 Å². The molecule has 0 aromatic heterocycles. The molecule has 0 bridgehead atoms. The van der Waals surface area contributed by atoms with Crippen LogP contribution in [0.1, 0.15) is 15.9 Å². The lowest BCUT2D eigenvalue weighted by Crippen LogP contribution is -2.32. The Balaban J connectivity index is 1.52. The molecule has 0 atom stereocenters. The largest absolute Gasteiger partial charge is 0.350 e. The minimum atomic E-state index is -0.772. The Labute approximate surface area is 215 Å². The first-order chi connectivity index (χ1) is 16.3. The lowest BCUT2D eigenvalue weighted by Gasteiger charge is -2.17. The number of carbonyl (C=O) groups excluding carboxylic acids is 3. The summed E-state index contributed by atoms with van der Waals surface area (Å²) >= 11 is 24.3. The highest BCUT2D eigenvalue weighted by Gasteiger charge is 2.40. The number of nitrogens with zero attached hydrogens (tertiary/aromatic N) is 1. The molecule has 1 heterocycles. The zero-order valence-electron chi connectivity index (χ0n) is 17.2. The maximum atomic E-state index is 13.0. The van der Waals surface area contributed by atoms with Crippen LogP contribution in [0.2, 0.25) is 15.1 Å². The monoisotopic (exact) mass is 533 g/mol. The van der Waals surface area contributed by atoms with Gasteiger partial charge in [-0.05, 0) is 35.9 Å². The van der Waals surface area contributed by atoms with Crippen molar-refractivity contribution in [3.63, 3.8) is 0 Å². The number of hydrogen-bond donors (Lipinski definition) is 2. The normalized spacial score (nSPS) is 13.5. The molecule has 34 heavy (non-hydrogen) atoms. The molecule has 172 valence electrons. The van der Waals surface area contributed by atoms with E-state index in [9.17, 15) is 14.4 Å². The molecule has 0 fully saturated rings. The maximum absolute atomic E-state index is 13.0. The Morgan fingerprint density at radius 2 is 1.50 bits per heavy atom. The fraction of sp³-hybridized carbons (Fsp3) is 0.0417. The first kappa shape index (κ1) is 24.1. The third kappa shape index (κ3) is 4.91. The number of carbonyl (C=O) groups is 3. The molecule has 3 aromatic rings. The van der Waals surface area contributed by atoms with E-state index in [0.717, 1.165) is 10.5 Å². The number of hydrogen-bond acceptors (Lipinski definition) is 4. The molecule has 4 rings (SSSR count). The van der Waals surface area contributed by atoms with Crippen LogP contribution in [0.5, 0.6) is 0 Å². The van der Waals surface area contributed by atoms with Crippen molar-refractivity contribution < 1.29 is 14.4 Å². The highest BCUT2D eigenvalue weighted by atomic mass is 35.5. The van der Waals surface area contributed by atoms with Crippen LogP contribution in [-0.4, -0.2) is 17.7 Å². The molecule has 1 aliphatic heterocycles. The summed E-state index contributed by atoms with van der Waals surface area (Å²) in [5, 5.41) is 5.69. The first-order valence-electron chi connectivity index (χ1n) is 9.88. The molecule has 3 amide bonds. The van der Waals surface area contributed by atoms with E-state index in [4.69, 9.17) is 46.4 Å². The van der Waals surface area contributed by atoms with Gasteiger partial charge in [-0.1, -0.05) is 82.8 Å². The highest BCUT2D eigenvalue weighted by Crippen LogP contribution is 2.38. The van der Waals surface area contributed by atoms with Gasteiger partial charge in [-0.3, -0.25) is 14.4 Å². The molecule has 0 unspecified atom stereocenters. The second-order valence-electron chi connectivity index (χ2n) is 7.23. The molecule has 10 heteroatoms. The summed E-state index contributed by atoms with van der Waals surface area (Å²) in [5.74, 6) is -1.80. The van der Waals surface area contributed by atoms with Crippen LogP contribution in [0.3, 0.4) is 0 Å². The average Bonchev–Trinajstić information content (AvgIpc) is 3.04. The van der Waals surface area contributed by atoms with Gasteiger partial charge in [0.15, 0.2) is 0 Å². The Morgan fingerprint density at radius 1 is 0.794 bits per heavy atom. The molecule has 0 spiro atoms. The number of rotatable bonds is 6. The van der Waals surface area contributed by atoms with Crippen LogP contribution in [0.4, 0.5) is 11.4 Å². The molecular weight excluding hydrogens is 520 g/mol. The predicted octanol–water partition coefficient (Wildman–Crippen LogP) is 6.01. The van der Waals surface area contributed by atoms with E-state index in [1.165, 1.54) is 12.1 Å². The Hall–Kier alpha value is -3.03. The van der Waals surface area contributed by atoms with Crippen molar-refractivity contribution >= 4 is 75.5 Å². The fourth-order valence-electron chi connectivity index (χ4n) is 3.28. The number of nitrogens with one attached hydrogen (secondary N) is 2. The molecule has 0 saturated carbocycles. The van der Waals surface area contributed by atoms with Gasteiger partial charge in [0.2, 0.25) is 0 Å². The number of halogens is 4. The van der Waals surface area contributed by atoms with Gasteiger partial charge in [-0.15, -0.1) is 0 Å². The second kappa shape index (κ2) is 10.1. The second-order valence-corrected chi connectivity index (χ2v) is 8.83. The van der Waals surface area contributed by atoms with Gasteiger partial charge >= 0.3 is 0 Å². The Bertz CT molecular complexity index is 1340. The Morgan fingerprint density at radius 3 is 2.24 bits per heavy atom. The molecule has 2 N–H and O–H groups in total. The van der Waals surface area contributed by atoms with Crippen molar-refractivity contribution in [2.24, 2.45) is 0 Å². The maximum Gasteiger partial charge on any atom is 0.283 e. The molecule has 1 aliphatic rings. The third-order valence-corrected chi connectivity index (χ3v) is 6.32.